The van der Waals surface area contributed by atoms with Crippen LogP contribution in [0.5, 0.6) is 0 Å². The third-order valence-corrected chi connectivity index (χ3v) is 3.68. The summed E-state index contributed by atoms with van der Waals surface area (Å²) < 4.78 is 38.9. The van der Waals surface area contributed by atoms with Crippen LogP contribution < -0.4 is 4.90 Å². The molecule has 1 aliphatic heterocycles. The second-order valence-electron chi connectivity index (χ2n) is 4.57. The van der Waals surface area contributed by atoms with Gasteiger partial charge >= 0.3 is 6.18 Å². The Morgan fingerprint density at radius 1 is 1.21 bits per heavy atom. The highest BCUT2D eigenvalue weighted by Crippen LogP contribution is 2.38. The first-order chi connectivity index (χ1) is 8.82. The molecule has 106 valence electrons. The van der Waals surface area contributed by atoms with Gasteiger partial charge in [-0.1, -0.05) is 0 Å². The molecule has 1 fully saturated rings. The highest BCUT2D eigenvalue weighted by atomic mass is 79.9. The number of hydrogen-bond donors (Lipinski definition) is 1. The molecule has 8 heteroatoms. The average molecular weight is 340 g/mol. The van der Waals surface area contributed by atoms with Gasteiger partial charge < -0.3 is 10.0 Å². The van der Waals surface area contributed by atoms with Crippen molar-refractivity contribution < 1.29 is 18.3 Å². The molecular formula is C11H13BrF3N3O. The van der Waals surface area contributed by atoms with E-state index in [9.17, 15) is 18.3 Å². The maximum atomic E-state index is 12.8. The molecule has 0 saturated carbocycles. The molecule has 19 heavy (non-hydrogen) atoms. The third kappa shape index (κ3) is 3.17. The van der Waals surface area contributed by atoms with Crippen molar-refractivity contribution in [3.63, 3.8) is 0 Å². The summed E-state index contributed by atoms with van der Waals surface area (Å²) in [5, 5.41) is 9.70. The molecule has 0 bridgehead atoms. The van der Waals surface area contributed by atoms with Crippen LogP contribution in [-0.2, 0) is 0 Å². The quantitative estimate of drug-likeness (QED) is 0.854. The van der Waals surface area contributed by atoms with Crippen LogP contribution in [0.3, 0.4) is 0 Å². The molecule has 1 saturated heterocycles. The van der Waals surface area contributed by atoms with Crippen molar-refractivity contribution in [3.8, 4) is 0 Å². The number of anilines is 1. The predicted molar refractivity (Wildman–Crippen MR) is 66.8 cm³/mol. The summed E-state index contributed by atoms with van der Waals surface area (Å²) in [5.41, 5.74) is -2.59. The van der Waals surface area contributed by atoms with Gasteiger partial charge in [0.15, 0.2) is 5.60 Å². The highest BCUT2D eigenvalue weighted by Gasteiger charge is 2.53. The van der Waals surface area contributed by atoms with E-state index in [1.54, 1.807) is 4.90 Å². The fourth-order valence-electron chi connectivity index (χ4n) is 2.10. The molecule has 0 radical (unpaired) electrons. The zero-order valence-corrected chi connectivity index (χ0v) is 11.6. The lowest BCUT2D eigenvalue weighted by Crippen LogP contribution is -2.45. The van der Waals surface area contributed by atoms with Gasteiger partial charge in [-0.3, -0.25) is 0 Å². The minimum absolute atomic E-state index is 0.103. The normalized spacial score (nSPS) is 25.2. The first-order valence-corrected chi connectivity index (χ1v) is 6.63. The zero-order chi connectivity index (χ0) is 14.1. The number of aliphatic hydroxyl groups is 1. The lowest BCUT2D eigenvalue weighted by Gasteiger charge is -2.29. The van der Waals surface area contributed by atoms with E-state index in [2.05, 4.69) is 25.9 Å². The van der Waals surface area contributed by atoms with Crippen molar-refractivity contribution in [3.05, 3.63) is 17.0 Å². The molecule has 1 aromatic rings. The number of aromatic nitrogens is 2. The van der Waals surface area contributed by atoms with Crippen LogP contribution in [0.15, 0.2) is 17.0 Å². The van der Waals surface area contributed by atoms with Crippen LogP contribution in [0.25, 0.3) is 0 Å². The summed E-state index contributed by atoms with van der Waals surface area (Å²) in [7, 11) is 0. The fraction of sp³-hybridized carbons (Fsp3) is 0.636. The van der Waals surface area contributed by atoms with Gasteiger partial charge in [0.2, 0.25) is 0 Å². The molecule has 1 atom stereocenters. The van der Waals surface area contributed by atoms with Gasteiger partial charge in [-0.25, -0.2) is 9.97 Å². The number of alkyl halides is 3. The van der Waals surface area contributed by atoms with E-state index in [1.807, 2.05) is 0 Å². The third-order valence-electron chi connectivity index (χ3n) is 3.27. The number of hydrogen-bond acceptors (Lipinski definition) is 4. The molecular weight excluding hydrogens is 327 g/mol. The van der Waals surface area contributed by atoms with Crippen molar-refractivity contribution in [2.75, 3.05) is 18.0 Å². The smallest absolute Gasteiger partial charge is 0.380 e. The standard InChI is InChI=1S/C11H13BrF3N3O/c12-8-6-17-9(7-16-8)18-4-1-2-10(19,3-5-18)11(13,14)15/h6-7,19H,1-5H2. The number of halogens is 4. The van der Waals surface area contributed by atoms with E-state index in [0.29, 0.717) is 17.0 Å². The number of nitrogens with zero attached hydrogens (tertiary/aromatic N) is 3. The van der Waals surface area contributed by atoms with Gasteiger partial charge in [0.1, 0.15) is 10.4 Å². The Bertz CT molecular complexity index is 440. The van der Waals surface area contributed by atoms with E-state index in [-0.39, 0.29) is 25.8 Å². The van der Waals surface area contributed by atoms with E-state index in [0.717, 1.165) is 0 Å². The van der Waals surface area contributed by atoms with E-state index < -0.39 is 11.8 Å². The summed E-state index contributed by atoms with van der Waals surface area (Å²) in [6.45, 7) is 0.529. The Hall–Kier alpha value is -0.890. The summed E-state index contributed by atoms with van der Waals surface area (Å²) in [5.74, 6) is 0.523. The van der Waals surface area contributed by atoms with Crippen LogP contribution in [0.1, 0.15) is 19.3 Å². The van der Waals surface area contributed by atoms with Crippen molar-refractivity contribution >= 4 is 21.7 Å². The maximum Gasteiger partial charge on any atom is 0.417 e. The highest BCUT2D eigenvalue weighted by molar-refractivity contribution is 9.10. The topological polar surface area (TPSA) is 49.2 Å². The first kappa shape index (κ1) is 14.5. The minimum Gasteiger partial charge on any atom is -0.380 e. The van der Waals surface area contributed by atoms with Crippen molar-refractivity contribution in [1.29, 1.82) is 0 Å². The maximum absolute atomic E-state index is 12.8. The molecule has 0 spiro atoms. The monoisotopic (exact) mass is 339 g/mol. The van der Waals surface area contributed by atoms with Crippen LogP contribution in [0.2, 0.25) is 0 Å². The van der Waals surface area contributed by atoms with Gasteiger partial charge in [-0.05, 0) is 28.8 Å². The molecule has 0 aromatic carbocycles. The summed E-state index contributed by atoms with van der Waals surface area (Å²) >= 11 is 3.15. The SMILES string of the molecule is OC1(C(F)(F)F)CCCN(c2cnc(Br)cn2)CC1. The van der Waals surface area contributed by atoms with Crippen LogP contribution >= 0.6 is 15.9 Å². The Morgan fingerprint density at radius 3 is 2.53 bits per heavy atom. The fourth-order valence-corrected chi connectivity index (χ4v) is 2.31. The van der Waals surface area contributed by atoms with E-state index >= 15 is 0 Å². The molecule has 1 aromatic heterocycles. The molecule has 1 unspecified atom stereocenters. The second kappa shape index (κ2) is 5.24. The first-order valence-electron chi connectivity index (χ1n) is 5.83. The molecule has 0 aliphatic carbocycles. The van der Waals surface area contributed by atoms with Crippen LogP contribution in [0.4, 0.5) is 19.0 Å². The van der Waals surface area contributed by atoms with Gasteiger partial charge in [-0.15, -0.1) is 0 Å². The minimum atomic E-state index is -4.59. The molecule has 1 aliphatic rings. The van der Waals surface area contributed by atoms with E-state index in [1.165, 1.54) is 12.4 Å². The Balaban J connectivity index is 2.11. The van der Waals surface area contributed by atoms with Gasteiger partial charge in [0.25, 0.3) is 0 Å². The zero-order valence-electron chi connectivity index (χ0n) is 9.99. The summed E-state index contributed by atoms with van der Waals surface area (Å²) in [6.07, 6.45) is -1.97. The predicted octanol–water partition coefficient (Wildman–Crippen LogP) is 2.52. The largest absolute Gasteiger partial charge is 0.417 e. The number of rotatable bonds is 1. The lowest BCUT2D eigenvalue weighted by molar-refractivity contribution is -0.263. The molecule has 2 heterocycles. The summed E-state index contributed by atoms with van der Waals surface area (Å²) in [4.78, 5) is 9.82. The lowest BCUT2D eigenvalue weighted by atomic mass is 9.94. The summed E-state index contributed by atoms with van der Waals surface area (Å²) in [6, 6.07) is 0. The Kier molecular flexibility index (Phi) is 4.00. The van der Waals surface area contributed by atoms with Crippen LogP contribution in [-0.4, -0.2) is 39.9 Å². The molecule has 2 rings (SSSR count). The van der Waals surface area contributed by atoms with Gasteiger partial charge in [-0.2, -0.15) is 13.2 Å². The Labute approximate surface area is 116 Å². The van der Waals surface area contributed by atoms with Gasteiger partial charge in [0.05, 0.1) is 12.4 Å². The molecule has 4 nitrogen and oxygen atoms in total. The average Bonchev–Trinajstić information content (AvgIpc) is 2.53. The van der Waals surface area contributed by atoms with Crippen LogP contribution in [0, 0.1) is 0 Å². The second-order valence-corrected chi connectivity index (χ2v) is 5.38. The van der Waals surface area contributed by atoms with E-state index in [4.69, 9.17) is 0 Å². The molecule has 1 N–H and O–H groups in total. The van der Waals surface area contributed by atoms with Gasteiger partial charge in [0, 0.05) is 19.5 Å². The van der Waals surface area contributed by atoms with Crippen molar-refractivity contribution in [2.45, 2.75) is 31.0 Å². The van der Waals surface area contributed by atoms with Crippen molar-refractivity contribution in [2.24, 2.45) is 0 Å². The molecule has 0 amide bonds. The Morgan fingerprint density at radius 2 is 1.95 bits per heavy atom. The van der Waals surface area contributed by atoms with Crippen molar-refractivity contribution in [1.82, 2.24) is 9.97 Å².